The van der Waals surface area contributed by atoms with Crippen LogP contribution >= 0.6 is 15.9 Å². The van der Waals surface area contributed by atoms with Crippen LogP contribution in [-0.4, -0.2) is 38.9 Å². The van der Waals surface area contributed by atoms with Crippen LogP contribution in [0.2, 0.25) is 0 Å². The quantitative estimate of drug-likeness (QED) is 0.562. The van der Waals surface area contributed by atoms with Crippen molar-refractivity contribution in [2.24, 2.45) is 0 Å². The van der Waals surface area contributed by atoms with Gasteiger partial charge in [-0.15, -0.1) is 0 Å². The maximum Gasteiger partial charge on any atom is 0.261 e. The Balaban J connectivity index is 1.38. The van der Waals surface area contributed by atoms with Crippen LogP contribution in [0.3, 0.4) is 0 Å². The number of rotatable bonds is 6. The van der Waals surface area contributed by atoms with Gasteiger partial charge in [0.05, 0.1) is 23.9 Å². The Morgan fingerprint density at radius 3 is 2.67 bits per heavy atom. The number of benzene rings is 2. The zero-order chi connectivity index (χ0) is 21.3. The molecule has 0 saturated carbocycles. The van der Waals surface area contributed by atoms with Gasteiger partial charge in [-0.1, -0.05) is 39.7 Å². The van der Waals surface area contributed by atoms with Crippen LogP contribution in [0.1, 0.15) is 38.3 Å². The van der Waals surface area contributed by atoms with Crippen molar-refractivity contribution in [2.75, 3.05) is 11.9 Å². The Hall–Kier alpha value is -3.26. The van der Waals surface area contributed by atoms with E-state index in [1.807, 2.05) is 31.2 Å². The van der Waals surface area contributed by atoms with E-state index in [-0.39, 0.29) is 30.7 Å². The number of carbonyl (C=O) groups is 3. The number of nitrogens with one attached hydrogen (secondary N) is 1. The molecule has 4 rings (SSSR count). The van der Waals surface area contributed by atoms with Crippen molar-refractivity contribution in [3.05, 3.63) is 81.5 Å². The van der Waals surface area contributed by atoms with E-state index in [1.54, 1.807) is 35.1 Å². The zero-order valence-electron chi connectivity index (χ0n) is 16.3. The molecule has 0 spiro atoms. The number of hydrogen-bond donors (Lipinski definition) is 1. The SMILES string of the molecule is Cc1ccc2c(c1)C(=O)N(CCC(=O)Nc1ccnn1Cc1cccc(Br)c1)C2=O. The number of aryl methyl sites for hydroxylation is 1. The summed E-state index contributed by atoms with van der Waals surface area (Å²) in [5, 5.41) is 7.07. The molecule has 1 aliphatic heterocycles. The number of halogens is 1. The average Bonchev–Trinajstić information content (AvgIpc) is 3.23. The van der Waals surface area contributed by atoms with E-state index < -0.39 is 0 Å². The molecule has 8 heteroatoms. The van der Waals surface area contributed by atoms with E-state index in [0.717, 1.165) is 20.5 Å². The number of nitrogens with zero attached hydrogens (tertiary/aromatic N) is 3. The third-order valence-electron chi connectivity index (χ3n) is 4.89. The lowest BCUT2D eigenvalue weighted by Gasteiger charge is -2.14. The first kappa shape index (κ1) is 20.0. The second-order valence-electron chi connectivity index (χ2n) is 7.11. The first-order chi connectivity index (χ1) is 14.4. The van der Waals surface area contributed by atoms with Gasteiger partial charge in [-0.25, -0.2) is 4.68 Å². The van der Waals surface area contributed by atoms with Gasteiger partial charge in [0.15, 0.2) is 0 Å². The second kappa shape index (κ2) is 8.23. The molecule has 152 valence electrons. The topological polar surface area (TPSA) is 84.3 Å². The number of aromatic nitrogens is 2. The van der Waals surface area contributed by atoms with E-state index in [1.165, 1.54) is 0 Å². The molecule has 3 aromatic rings. The summed E-state index contributed by atoms with van der Waals surface area (Å²) in [5.74, 6) is -0.453. The molecule has 0 radical (unpaired) electrons. The van der Waals surface area contributed by atoms with Gasteiger partial charge in [-0.2, -0.15) is 5.10 Å². The maximum atomic E-state index is 12.5. The Bertz CT molecular complexity index is 1150. The summed E-state index contributed by atoms with van der Waals surface area (Å²) in [4.78, 5) is 38.6. The number of carbonyl (C=O) groups excluding carboxylic acids is 3. The van der Waals surface area contributed by atoms with Crippen molar-refractivity contribution in [1.29, 1.82) is 0 Å². The van der Waals surface area contributed by atoms with E-state index in [4.69, 9.17) is 0 Å². The van der Waals surface area contributed by atoms with Crippen LogP contribution in [-0.2, 0) is 11.3 Å². The van der Waals surface area contributed by atoms with E-state index >= 15 is 0 Å². The van der Waals surface area contributed by atoms with Gasteiger partial charge in [0.25, 0.3) is 11.8 Å². The third kappa shape index (κ3) is 4.04. The van der Waals surface area contributed by atoms with Gasteiger partial charge in [0.2, 0.25) is 5.91 Å². The highest BCUT2D eigenvalue weighted by Crippen LogP contribution is 2.24. The van der Waals surface area contributed by atoms with Crippen LogP contribution in [0.5, 0.6) is 0 Å². The van der Waals surface area contributed by atoms with Crippen LogP contribution in [0.25, 0.3) is 0 Å². The van der Waals surface area contributed by atoms with Crippen LogP contribution < -0.4 is 5.32 Å². The molecule has 0 saturated heterocycles. The molecule has 1 N–H and O–H groups in total. The zero-order valence-corrected chi connectivity index (χ0v) is 17.8. The fourth-order valence-corrected chi connectivity index (χ4v) is 3.85. The lowest BCUT2D eigenvalue weighted by Crippen LogP contribution is -2.33. The van der Waals surface area contributed by atoms with Crippen molar-refractivity contribution in [3.8, 4) is 0 Å². The normalized spacial score (nSPS) is 12.9. The largest absolute Gasteiger partial charge is 0.311 e. The van der Waals surface area contributed by atoms with Gasteiger partial charge in [0, 0.05) is 23.5 Å². The number of anilines is 1. The van der Waals surface area contributed by atoms with Crippen molar-refractivity contribution in [1.82, 2.24) is 14.7 Å². The van der Waals surface area contributed by atoms with Gasteiger partial charge in [0.1, 0.15) is 5.82 Å². The molecule has 2 aromatic carbocycles. The summed E-state index contributed by atoms with van der Waals surface area (Å²) >= 11 is 3.44. The second-order valence-corrected chi connectivity index (χ2v) is 8.03. The smallest absolute Gasteiger partial charge is 0.261 e. The summed E-state index contributed by atoms with van der Waals surface area (Å²) in [6, 6.07) is 14.7. The molecule has 0 fully saturated rings. The lowest BCUT2D eigenvalue weighted by molar-refractivity contribution is -0.116. The Labute approximate surface area is 181 Å². The third-order valence-corrected chi connectivity index (χ3v) is 5.39. The van der Waals surface area contributed by atoms with Crippen LogP contribution in [0.4, 0.5) is 5.82 Å². The standard InChI is InChI=1S/C22H19BrN4O3/c1-14-5-6-17-18(11-14)22(30)26(21(17)29)10-8-20(28)25-19-7-9-24-27(19)13-15-3-2-4-16(23)12-15/h2-7,9,11-12H,8,10,13H2,1H3,(H,25,28). The highest BCUT2D eigenvalue weighted by Gasteiger charge is 2.35. The van der Waals surface area contributed by atoms with Gasteiger partial charge in [-0.05, 0) is 36.8 Å². The number of fused-ring (bicyclic) bond motifs is 1. The highest BCUT2D eigenvalue weighted by atomic mass is 79.9. The first-order valence-electron chi connectivity index (χ1n) is 9.45. The van der Waals surface area contributed by atoms with E-state index in [2.05, 4.69) is 26.3 Å². The fraction of sp³-hybridized carbons (Fsp3) is 0.182. The lowest BCUT2D eigenvalue weighted by atomic mass is 10.1. The molecule has 7 nitrogen and oxygen atoms in total. The molecular formula is C22H19BrN4O3. The van der Waals surface area contributed by atoms with Gasteiger partial charge < -0.3 is 5.32 Å². The monoisotopic (exact) mass is 466 g/mol. The fourth-order valence-electron chi connectivity index (χ4n) is 3.40. The molecule has 30 heavy (non-hydrogen) atoms. The minimum absolute atomic E-state index is 0.00646. The van der Waals surface area contributed by atoms with E-state index in [0.29, 0.717) is 23.5 Å². The molecule has 0 bridgehead atoms. The summed E-state index contributed by atoms with van der Waals surface area (Å²) in [6.07, 6.45) is 1.62. The molecule has 3 amide bonds. The molecule has 1 aliphatic rings. The Kier molecular flexibility index (Phi) is 5.50. The molecule has 2 heterocycles. The molecule has 0 atom stereocenters. The van der Waals surface area contributed by atoms with Gasteiger partial charge in [-0.3, -0.25) is 19.3 Å². The molecular weight excluding hydrogens is 448 g/mol. The minimum Gasteiger partial charge on any atom is -0.311 e. The number of hydrogen-bond acceptors (Lipinski definition) is 4. The summed E-state index contributed by atoms with van der Waals surface area (Å²) in [7, 11) is 0. The number of amides is 3. The van der Waals surface area contributed by atoms with Crippen LogP contribution in [0, 0.1) is 6.92 Å². The number of imide groups is 1. The predicted molar refractivity (Wildman–Crippen MR) is 115 cm³/mol. The summed E-state index contributed by atoms with van der Waals surface area (Å²) in [6.45, 7) is 2.39. The van der Waals surface area contributed by atoms with Crippen molar-refractivity contribution in [2.45, 2.75) is 19.9 Å². The maximum absolute atomic E-state index is 12.5. The summed E-state index contributed by atoms with van der Waals surface area (Å²) < 4.78 is 2.65. The highest BCUT2D eigenvalue weighted by molar-refractivity contribution is 9.10. The Morgan fingerprint density at radius 2 is 1.87 bits per heavy atom. The predicted octanol–water partition coefficient (Wildman–Crippen LogP) is 3.63. The Morgan fingerprint density at radius 1 is 1.07 bits per heavy atom. The van der Waals surface area contributed by atoms with E-state index in [9.17, 15) is 14.4 Å². The van der Waals surface area contributed by atoms with Crippen molar-refractivity contribution in [3.63, 3.8) is 0 Å². The minimum atomic E-state index is -0.359. The first-order valence-corrected chi connectivity index (χ1v) is 10.2. The molecule has 0 unspecified atom stereocenters. The van der Waals surface area contributed by atoms with Crippen molar-refractivity contribution < 1.29 is 14.4 Å². The molecule has 0 aliphatic carbocycles. The summed E-state index contributed by atoms with van der Waals surface area (Å²) in [5.41, 5.74) is 2.73. The van der Waals surface area contributed by atoms with Gasteiger partial charge >= 0.3 is 0 Å². The van der Waals surface area contributed by atoms with Crippen LogP contribution in [0.15, 0.2) is 59.2 Å². The molecule has 1 aromatic heterocycles. The van der Waals surface area contributed by atoms with Crippen molar-refractivity contribution >= 4 is 39.5 Å². The average molecular weight is 467 g/mol.